The third kappa shape index (κ3) is 4.77. The first-order valence-corrected chi connectivity index (χ1v) is 12.8. The molecule has 10 heteroatoms. The first kappa shape index (κ1) is 28.2. The number of esters is 2. The molecule has 212 valence electrons. The number of carbonyl (C=O) groups excluding carboxylic acids is 2. The highest BCUT2D eigenvalue weighted by molar-refractivity contribution is 5.89. The largest absolute Gasteiger partial charge is 0.493 e. The van der Waals surface area contributed by atoms with E-state index in [1.807, 2.05) is 19.9 Å². The minimum atomic E-state index is -0.760. The SMILES string of the molecule is COc1cc2c(c(OC)c1OC)-c1c(cc3c(c1OC)OCO3)[C@H](OC(=O)C(C)C)[C@H](C)[C@H](C)[C@H]2OC(C)=O. The lowest BCUT2D eigenvalue weighted by Crippen LogP contribution is -2.31. The monoisotopic (exact) mass is 544 g/mol. The number of fused-ring (bicyclic) bond motifs is 4. The Morgan fingerprint density at radius 1 is 0.795 bits per heavy atom. The zero-order valence-electron chi connectivity index (χ0n) is 23.8. The van der Waals surface area contributed by atoms with Crippen LogP contribution in [0, 0.1) is 17.8 Å². The van der Waals surface area contributed by atoms with Crippen molar-refractivity contribution >= 4 is 11.9 Å². The number of rotatable bonds is 7. The van der Waals surface area contributed by atoms with Crippen LogP contribution in [0.4, 0.5) is 0 Å². The minimum Gasteiger partial charge on any atom is -0.493 e. The highest BCUT2D eigenvalue weighted by atomic mass is 16.7. The maximum Gasteiger partial charge on any atom is 0.308 e. The van der Waals surface area contributed by atoms with Gasteiger partial charge in [0, 0.05) is 41.0 Å². The Balaban J connectivity index is 2.21. The van der Waals surface area contributed by atoms with Crippen LogP contribution in [0.1, 0.15) is 58.0 Å². The van der Waals surface area contributed by atoms with Crippen molar-refractivity contribution in [3.63, 3.8) is 0 Å². The van der Waals surface area contributed by atoms with Gasteiger partial charge in [-0.1, -0.05) is 27.7 Å². The number of methoxy groups -OCH3 is 4. The van der Waals surface area contributed by atoms with Crippen LogP contribution in [0.25, 0.3) is 11.1 Å². The number of ether oxygens (including phenoxy) is 8. The van der Waals surface area contributed by atoms with E-state index in [0.717, 1.165) is 0 Å². The molecular weight excluding hydrogens is 508 g/mol. The third-order valence-corrected chi connectivity index (χ3v) is 7.37. The molecule has 1 aliphatic carbocycles. The van der Waals surface area contributed by atoms with Gasteiger partial charge in [-0.05, 0) is 12.1 Å². The topological polar surface area (TPSA) is 108 Å². The van der Waals surface area contributed by atoms with Gasteiger partial charge < -0.3 is 37.9 Å². The van der Waals surface area contributed by atoms with Crippen molar-refractivity contribution in [2.45, 2.75) is 46.8 Å². The maximum atomic E-state index is 13.0. The van der Waals surface area contributed by atoms with Crippen molar-refractivity contribution in [3.05, 3.63) is 23.3 Å². The van der Waals surface area contributed by atoms with Gasteiger partial charge in [0.1, 0.15) is 12.2 Å². The van der Waals surface area contributed by atoms with Gasteiger partial charge in [-0.3, -0.25) is 9.59 Å². The van der Waals surface area contributed by atoms with Crippen LogP contribution in [0.3, 0.4) is 0 Å². The van der Waals surface area contributed by atoms with Gasteiger partial charge in [-0.15, -0.1) is 0 Å². The van der Waals surface area contributed by atoms with Crippen LogP contribution in [-0.2, 0) is 19.1 Å². The van der Waals surface area contributed by atoms with Crippen LogP contribution in [-0.4, -0.2) is 47.2 Å². The highest BCUT2D eigenvalue weighted by Crippen LogP contribution is 2.60. The Labute approximate surface area is 228 Å². The summed E-state index contributed by atoms with van der Waals surface area (Å²) in [5.41, 5.74) is 2.34. The summed E-state index contributed by atoms with van der Waals surface area (Å²) < 4.78 is 47.0. The Kier molecular flexibility index (Phi) is 8.04. The summed E-state index contributed by atoms with van der Waals surface area (Å²) in [6.07, 6.45) is -1.51. The van der Waals surface area contributed by atoms with Crippen molar-refractivity contribution < 1.29 is 47.5 Å². The van der Waals surface area contributed by atoms with Crippen molar-refractivity contribution in [3.8, 4) is 45.6 Å². The lowest BCUT2D eigenvalue weighted by Gasteiger charge is -2.39. The Morgan fingerprint density at radius 2 is 1.36 bits per heavy atom. The van der Waals surface area contributed by atoms with Crippen LogP contribution in [0.5, 0.6) is 34.5 Å². The molecule has 0 radical (unpaired) electrons. The molecule has 0 aromatic heterocycles. The third-order valence-electron chi connectivity index (χ3n) is 7.37. The van der Waals surface area contributed by atoms with E-state index in [1.165, 1.54) is 35.4 Å². The van der Waals surface area contributed by atoms with Gasteiger partial charge in [0.15, 0.2) is 23.0 Å². The van der Waals surface area contributed by atoms with E-state index in [4.69, 9.17) is 37.9 Å². The molecule has 1 heterocycles. The van der Waals surface area contributed by atoms with Crippen molar-refractivity contribution in [2.24, 2.45) is 17.8 Å². The Bertz CT molecular complexity index is 1270. The molecular formula is C29H36O10. The molecule has 0 amide bonds. The predicted molar refractivity (Wildman–Crippen MR) is 141 cm³/mol. The first-order chi connectivity index (χ1) is 18.6. The lowest BCUT2D eigenvalue weighted by molar-refractivity contribution is -0.162. The molecule has 0 spiro atoms. The summed E-state index contributed by atoms with van der Waals surface area (Å²) in [5, 5.41) is 0. The first-order valence-electron chi connectivity index (χ1n) is 12.8. The van der Waals surface area contributed by atoms with E-state index in [9.17, 15) is 9.59 Å². The van der Waals surface area contributed by atoms with Crippen LogP contribution >= 0.6 is 0 Å². The van der Waals surface area contributed by atoms with Gasteiger partial charge in [0.25, 0.3) is 0 Å². The van der Waals surface area contributed by atoms with Gasteiger partial charge in [0.05, 0.1) is 34.4 Å². The zero-order valence-corrected chi connectivity index (χ0v) is 23.8. The van der Waals surface area contributed by atoms with E-state index in [2.05, 4.69) is 0 Å². The molecule has 4 atom stereocenters. The van der Waals surface area contributed by atoms with E-state index >= 15 is 0 Å². The predicted octanol–water partition coefficient (Wildman–Crippen LogP) is 5.25. The fourth-order valence-electron chi connectivity index (χ4n) is 5.27. The average molecular weight is 545 g/mol. The second-order valence-corrected chi connectivity index (χ2v) is 9.98. The van der Waals surface area contributed by atoms with E-state index < -0.39 is 18.2 Å². The van der Waals surface area contributed by atoms with E-state index in [0.29, 0.717) is 56.8 Å². The van der Waals surface area contributed by atoms with Gasteiger partial charge in [0.2, 0.25) is 18.3 Å². The van der Waals surface area contributed by atoms with Crippen LogP contribution < -0.4 is 28.4 Å². The van der Waals surface area contributed by atoms with Crippen molar-refractivity contribution in [2.75, 3.05) is 35.2 Å². The highest BCUT2D eigenvalue weighted by Gasteiger charge is 2.44. The molecule has 2 aromatic carbocycles. The van der Waals surface area contributed by atoms with Crippen molar-refractivity contribution in [1.29, 1.82) is 0 Å². The molecule has 2 aliphatic rings. The summed E-state index contributed by atoms with van der Waals surface area (Å²) >= 11 is 0. The average Bonchev–Trinajstić information content (AvgIpc) is 3.39. The molecule has 10 nitrogen and oxygen atoms in total. The number of carbonyl (C=O) groups is 2. The lowest BCUT2D eigenvalue weighted by atomic mass is 9.74. The van der Waals surface area contributed by atoms with E-state index in [-0.39, 0.29) is 30.5 Å². The molecule has 4 rings (SSSR count). The molecule has 0 unspecified atom stereocenters. The normalized spacial score (nSPS) is 21.2. The Hall–Kier alpha value is -3.82. The van der Waals surface area contributed by atoms with E-state index in [1.54, 1.807) is 19.9 Å². The molecule has 0 fully saturated rings. The van der Waals surface area contributed by atoms with Crippen LogP contribution in [0.15, 0.2) is 12.1 Å². The minimum absolute atomic E-state index is 0.00297. The molecule has 0 bridgehead atoms. The molecule has 2 aromatic rings. The van der Waals surface area contributed by atoms with Crippen molar-refractivity contribution in [1.82, 2.24) is 0 Å². The number of hydrogen-bond acceptors (Lipinski definition) is 10. The standard InChI is InChI=1S/C29H36O10/c1-13(2)29(31)39-24-15(4)14(3)23(38-16(5)30)17-10-19(32-6)25(33-7)27(34-8)21(17)22-18(24)11-20-26(28(22)35-9)37-12-36-20/h10-11,13-15,23-24H,12H2,1-9H3/t14-,15+,23+,24+/m0/s1. The maximum absolute atomic E-state index is 13.0. The molecule has 0 saturated carbocycles. The summed E-state index contributed by atoms with van der Waals surface area (Å²) in [6, 6.07) is 3.59. The fourth-order valence-corrected chi connectivity index (χ4v) is 5.27. The van der Waals surface area contributed by atoms with Crippen LogP contribution in [0.2, 0.25) is 0 Å². The summed E-state index contributed by atoms with van der Waals surface area (Å²) in [4.78, 5) is 25.4. The Morgan fingerprint density at radius 3 is 1.90 bits per heavy atom. The summed E-state index contributed by atoms with van der Waals surface area (Å²) in [6.45, 7) is 8.83. The number of hydrogen-bond donors (Lipinski definition) is 0. The zero-order chi connectivity index (χ0) is 28.6. The fraction of sp³-hybridized carbons (Fsp3) is 0.517. The second-order valence-electron chi connectivity index (χ2n) is 9.98. The molecule has 0 N–H and O–H groups in total. The van der Waals surface area contributed by atoms with Gasteiger partial charge in [-0.2, -0.15) is 0 Å². The second kappa shape index (κ2) is 11.1. The molecule has 39 heavy (non-hydrogen) atoms. The number of benzene rings is 2. The molecule has 1 aliphatic heterocycles. The smallest absolute Gasteiger partial charge is 0.308 e. The molecule has 0 saturated heterocycles. The quantitative estimate of drug-likeness (QED) is 0.429. The summed E-state index contributed by atoms with van der Waals surface area (Å²) in [5.74, 6) is 0.466. The van der Waals surface area contributed by atoms with Gasteiger partial charge >= 0.3 is 11.9 Å². The summed E-state index contributed by atoms with van der Waals surface area (Å²) in [7, 11) is 6.06. The van der Waals surface area contributed by atoms with Gasteiger partial charge in [-0.25, -0.2) is 0 Å².